The van der Waals surface area contributed by atoms with Crippen LogP contribution in [0.25, 0.3) is 0 Å². The molecule has 1 fully saturated rings. The number of fused-ring (bicyclic) bond motifs is 1. The van der Waals surface area contributed by atoms with E-state index in [-0.39, 0.29) is 47.3 Å². The number of amidine groups is 1. The standard InChI is InChI=1S/C38H54N8O9S/c1-19(2)29-32(39-17-27(47)46-14-10-13-26(46)34(51)45-31(21(5)6)36(53)44-29)43-30(20(3)4)35(52)40-23(15-22-11-8-7-9-12-22)33(50)41-24(16-28(48)49)37-42-25(18-56-37)38(54)55/h7-9,11-12,19-21,23-26,29-31H,10,13-18H2,1-6H3,(H,39,43)(H,40,52)(H,41,50)(H,44,53)(H,45,51)(H,48,49)(H,54,55)/t23-,24?,25-,26-,29-,30-,31-/m0/s1. The fourth-order valence-corrected chi connectivity index (χ4v) is 7.86. The fraction of sp³-hybridized carbons (Fsp3) is 0.605. The smallest absolute Gasteiger partial charge is 0.329 e. The van der Waals surface area contributed by atoms with Crippen LogP contribution in [0, 0.1) is 17.8 Å². The van der Waals surface area contributed by atoms with Crippen LogP contribution in [0.3, 0.4) is 0 Å². The Kier molecular flexibility index (Phi) is 15.4. The van der Waals surface area contributed by atoms with Crippen LogP contribution in [0.2, 0.25) is 0 Å². The minimum Gasteiger partial charge on any atom is -0.481 e. The van der Waals surface area contributed by atoms with Gasteiger partial charge in [-0.15, -0.1) is 11.8 Å². The van der Waals surface area contributed by atoms with Gasteiger partial charge in [-0.2, -0.15) is 0 Å². The van der Waals surface area contributed by atoms with Crippen molar-refractivity contribution in [3.63, 3.8) is 0 Å². The molecule has 0 aliphatic carbocycles. The molecule has 17 nitrogen and oxygen atoms in total. The molecule has 1 aromatic carbocycles. The highest BCUT2D eigenvalue weighted by atomic mass is 32.2. The third-order valence-corrected chi connectivity index (χ3v) is 11.1. The van der Waals surface area contributed by atoms with Gasteiger partial charge in [-0.1, -0.05) is 71.9 Å². The fourth-order valence-electron chi connectivity index (χ4n) is 6.76. The molecule has 306 valence electrons. The summed E-state index contributed by atoms with van der Waals surface area (Å²) in [6.07, 6.45) is 0.534. The van der Waals surface area contributed by atoms with Gasteiger partial charge in [0.2, 0.25) is 29.5 Å². The Morgan fingerprint density at radius 3 is 2.16 bits per heavy atom. The van der Waals surface area contributed by atoms with Crippen LogP contribution in [0.15, 0.2) is 40.3 Å². The van der Waals surface area contributed by atoms with E-state index in [0.717, 1.165) is 11.8 Å². The second-order valence-electron chi connectivity index (χ2n) is 15.3. The Hall–Kier alpha value is -5.00. The highest BCUT2D eigenvalue weighted by Gasteiger charge is 2.39. The number of nitrogens with zero attached hydrogens (tertiary/aromatic N) is 3. The normalized spacial score (nSPS) is 23.4. The van der Waals surface area contributed by atoms with Crippen LogP contribution in [0.5, 0.6) is 0 Å². The van der Waals surface area contributed by atoms with E-state index in [1.165, 1.54) is 4.90 Å². The van der Waals surface area contributed by atoms with Crippen molar-refractivity contribution in [3.8, 4) is 0 Å². The minimum atomic E-state index is -1.24. The van der Waals surface area contributed by atoms with Crippen LogP contribution in [-0.2, 0) is 40.0 Å². The van der Waals surface area contributed by atoms with Crippen LogP contribution in [0.1, 0.15) is 66.4 Å². The van der Waals surface area contributed by atoms with Gasteiger partial charge in [0.1, 0.15) is 36.5 Å². The Bertz CT molecular complexity index is 1700. The van der Waals surface area contributed by atoms with E-state index in [1.54, 1.807) is 44.2 Å². The lowest BCUT2D eigenvalue weighted by Gasteiger charge is -2.34. The number of carboxylic acid groups (broad SMARTS) is 2. The number of nitrogens with one attached hydrogen (secondary N) is 5. The number of amides is 5. The van der Waals surface area contributed by atoms with E-state index < -0.39 is 90.2 Å². The molecule has 3 heterocycles. The van der Waals surface area contributed by atoms with Crippen molar-refractivity contribution in [2.24, 2.45) is 27.7 Å². The van der Waals surface area contributed by atoms with E-state index in [0.29, 0.717) is 24.9 Å². The molecule has 3 aliphatic heterocycles. The van der Waals surface area contributed by atoms with E-state index in [2.05, 4.69) is 36.6 Å². The van der Waals surface area contributed by atoms with Crippen molar-refractivity contribution in [3.05, 3.63) is 35.9 Å². The van der Waals surface area contributed by atoms with E-state index in [4.69, 9.17) is 0 Å². The van der Waals surface area contributed by atoms with Crippen molar-refractivity contribution in [1.29, 1.82) is 0 Å². The molecule has 0 spiro atoms. The number of carboxylic acids is 2. The molecule has 7 atom stereocenters. The third kappa shape index (κ3) is 11.5. The Balaban J connectivity index is 1.66. The first kappa shape index (κ1) is 43.7. The summed E-state index contributed by atoms with van der Waals surface area (Å²) in [5.74, 6) is -5.67. The zero-order valence-corrected chi connectivity index (χ0v) is 33.4. The first-order chi connectivity index (χ1) is 26.5. The lowest BCUT2D eigenvalue weighted by atomic mass is 9.96. The van der Waals surface area contributed by atoms with E-state index in [1.807, 2.05) is 27.7 Å². The maximum atomic E-state index is 14.3. The summed E-state index contributed by atoms with van der Waals surface area (Å²) in [4.78, 5) is 103. The highest BCUT2D eigenvalue weighted by Crippen LogP contribution is 2.23. The van der Waals surface area contributed by atoms with Gasteiger partial charge in [0, 0.05) is 18.7 Å². The molecule has 0 radical (unpaired) electrons. The molecule has 4 rings (SSSR count). The van der Waals surface area contributed by atoms with Crippen molar-refractivity contribution >= 4 is 64.1 Å². The van der Waals surface area contributed by atoms with Gasteiger partial charge in [0.15, 0.2) is 6.04 Å². The monoisotopic (exact) mass is 798 g/mol. The van der Waals surface area contributed by atoms with Gasteiger partial charge >= 0.3 is 11.9 Å². The lowest BCUT2D eigenvalue weighted by molar-refractivity contribution is -0.139. The molecule has 0 bridgehead atoms. The summed E-state index contributed by atoms with van der Waals surface area (Å²) in [5.41, 5.74) is 0.701. The second kappa shape index (κ2) is 19.7. The summed E-state index contributed by atoms with van der Waals surface area (Å²) in [6.45, 7) is 10.9. The molecule has 0 saturated carbocycles. The number of hydrogen-bond donors (Lipinski definition) is 7. The Morgan fingerprint density at radius 1 is 0.911 bits per heavy atom. The number of rotatable bonds is 14. The quantitative estimate of drug-likeness (QED) is 0.137. The summed E-state index contributed by atoms with van der Waals surface area (Å²) in [5, 5.41) is 33.8. The molecule has 3 aliphatic rings. The second-order valence-corrected chi connectivity index (χ2v) is 16.4. The third-order valence-electron chi connectivity index (χ3n) is 9.89. The van der Waals surface area contributed by atoms with Crippen molar-refractivity contribution in [2.75, 3.05) is 18.8 Å². The van der Waals surface area contributed by atoms with Crippen molar-refractivity contribution in [2.45, 2.75) is 110 Å². The highest BCUT2D eigenvalue weighted by molar-refractivity contribution is 8.14. The molecular formula is C38H54N8O9S. The average Bonchev–Trinajstić information content (AvgIpc) is 3.83. The molecule has 7 N–H and O–H groups in total. The summed E-state index contributed by atoms with van der Waals surface area (Å²) < 4.78 is 0. The van der Waals surface area contributed by atoms with Gasteiger partial charge < -0.3 is 41.7 Å². The minimum absolute atomic E-state index is 0.0276. The molecule has 1 aromatic rings. The number of aliphatic carboxylic acids is 2. The number of carbonyl (C=O) groups excluding carboxylic acids is 5. The van der Waals surface area contributed by atoms with Gasteiger partial charge in [-0.05, 0) is 36.2 Å². The topological polar surface area (TPSA) is 248 Å². The number of carbonyl (C=O) groups is 7. The van der Waals surface area contributed by atoms with Crippen molar-refractivity contribution < 1.29 is 43.8 Å². The molecule has 1 saturated heterocycles. The van der Waals surface area contributed by atoms with Gasteiger partial charge in [0.25, 0.3) is 0 Å². The predicted molar refractivity (Wildman–Crippen MR) is 210 cm³/mol. The van der Waals surface area contributed by atoms with Crippen LogP contribution in [0.4, 0.5) is 0 Å². The summed E-state index contributed by atoms with van der Waals surface area (Å²) in [7, 11) is 0. The number of hydrogen-bond acceptors (Lipinski definition) is 11. The predicted octanol–water partition coefficient (Wildman–Crippen LogP) is 0.571. The maximum Gasteiger partial charge on any atom is 0.329 e. The van der Waals surface area contributed by atoms with E-state index in [9.17, 15) is 43.8 Å². The van der Waals surface area contributed by atoms with Crippen LogP contribution < -0.4 is 26.6 Å². The summed E-state index contributed by atoms with van der Waals surface area (Å²) in [6, 6.07) is 1.97. The van der Waals surface area contributed by atoms with Crippen LogP contribution >= 0.6 is 11.8 Å². The zero-order valence-electron chi connectivity index (χ0n) is 32.6. The van der Waals surface area contributed by atoms with Gasteiger partial charge in [-0.25, -0.2) is 4.79 Å². The number of thioether (sulfide) groups is 1. The summed E-state index contributed by atoms with van der Waals surface area (Å²) >= 11 is 1.05. The van der Waals surface area contributed by atoms with Crippen LogP contribution in [-0.4, -0.2) is 129 Å². The molecule has 5 amide bonds. The van der Waals surface area contributed by atoms with Gasteiger partial charge in [-0.3, -0.25) is 38.8 Å². The molecular weight excluding hydrogens is 745 g/mol. The molecule has 18 heteroatoms. The van der Waals surface area contributed by atoms with Crippen molar-refractivity contribution in [1.82, 2.24) is 31.5 Å². The number of benzene rings is 1. The first-order valence-corrected chi connectivity index (χ1v) is 20.0. The molecule has 0 aromatic heterocycles. The number of aliphatic imine (C=N–C) groups is 2. The zero-order chi connectivity index (χ0) is 41.3. The molecule has 1 unspecified atom stereocenters. The average molecular weight is 799 g/mol. The Labute approximate surface area is 330 Å². The Morgan fingerprint density at radius 2 is 1.57 bits per heavy atom. The lowest BCUT2D eigenvalue weighted by Crippen LogP contribution is -2.62. The largest absolute Gasteiger partial charge is 0.481 e. The van der Waals surface area contributed by atoms with Gasteiger partial charge in [0.05, 0.1) is 23.5 Å². The SMILES string of the molecule is CC(C)[C@@H]1NC(=O)[C@@H]2CCCN2C(=O)CN=C(N[C@H](C(=O)N[C@@H](Cc2ccccc2)C(=O)NC(CC(=O)O)C2=N[C@H](C(=O)O)CS2)C(C)C)[C@H](C(C)C)NC1=O. The molecule has 56 heavy (non-hydrogen) atoms. The first-order valence-electron chi connectivity index (χ1n) is 19.0. The van der Waals surface area contributed by atoms with E-state index >= 15 is 0 Å². The maximum absolute atomic E-state index is 14.3.